The first-order chi connectivity index (χ1) is 38.3. The van der Waals surface area contributed by atoms with Crippen molar-refractivity contribution in [3.63, 3.8) is 0 Å². The third-order valence-electron chi connectivity index (χ3n) is 19.4. The van der Waals surface area contributed by atoms with Gasteiger partial charge in [-0.3, -0.25) is 9.59 Å². The van der Waals surface area contributed by atoms with Gasteiger partial charge in [0.15, 0.2) is 23.0 Å². The van der Waals surface area contributed by atoms with Crippen molar-refractivity contribution in [2.75, 3.05) is 20.8 Å². The Morgan fingerprint density at radius 1 is 0.734 bits per heavy atom. The molecule has 11 atom stereocenters. The van der Waals surface area contributed by atoms with Crippen molar-refractivity contribution in [2.45, 2.75) is 119 Å². The Labute approximate surface area is 460 Å². The van der Waals surface area contributed by atoms with Gasteiger partial charge in [0.1, 0.15) is 18.0 Å². The van der Waals surface area contributed by atoms with E-state index in [1.54, 1.807) is 19.2 Å². The number of aliphatic hydroxyl groups excluding tert-OH is 1. The molecule has 0 radical (unpaired) electrons. The zero-order valence-electron chi connectivity index (χ0n) is 45.0. The van der Waals surface area contributed by atoms with Crippen LogP contribution >= 0.6 is 0 Å². The Bertz CT molecular complexity index is 3650. The van der Waals surface area contributed by atoms with E-state index in [9.17, 15) is 25.2 Å². The third-order valence-corrected chi connectivity index (χ3v) is 19.4. The average molecular weight is 1060 g/mol. The van der Waals surface area contributed by atoms with Crippen molar-refractivity contribution in [1.29, 1.82) is 0 Å². The van der Waals surface area contributed by atoms with E-state index in [4.69, 9.17) is 18.9 Å². The number of fused-ring (bicyclic) bond motifs is 12. The van der Waals surface area contributed by atoms with Crippen LogP contribution in [0.15, 0.2) is 121 Å². The molecule has 0 aromatic heterocycles. The van der Waals surface area contributed by atoms with E-state index in [1.165, 1.54) is 14.0 Å². The van der Waals surface area contributed by atoms with Gasteiger partial charge in [0.25, 0.3) is 0 Å². The van der Waals surface area contributed by atoms with E-state index in [0.717, 1.165) is 84.5 Å². The smallest absolute Gasteiger partial charge is 0.316 e. The molecule has 11 nitrogen and oxygen atoms in total. The van der Waals surface area contributed by atoms with Crippen molar-refractivity contribution in [3.05, 3.63) is 160 Å². The Hall–Kier alpha value is -7.52. The van der Waals surface area contributed by atoms with E-state index in [1.807, 2.05) is 54.6 Å². The maximum Gasteiger partial charge on any atom is 0.316 e. The van der Waals surface area contributed by atoms with Crippen molar-refractivity contribution in [3.8, 4) is 51.7 Å². The Kier molecular flexibility index (Phi) is 12.9. The maximum atomic E-state index is 16.3. The number of nitrogens with one attached hydrogen (secondary N) is 1. The molecular weight excluding hydrogens is 991 g/mol. The molecule has 0 saturated heterocycles. The summed E-state index contributed by atoms with van der Waals surface area (Å²) in [6.45, 7) is 2.83. The summed E-state index contributed by atoms with van der Waals surface area (Å²) in [7, 11) is 3.09. The molecule has 1 heterocycles. The number of carbonyl (C=O) groups is 2. The van der Waals surface area contributed by atoms with Crippen LogP contribution in [0.4, 0.5) is 0 Å². The lowest BCUT2D eigenvalue weighted by atomic mass is 9.38. The van der Waals surface area contributed by atoms with E-state index < -0.39 is 41.0 Å². The van der Waals surface area contributed by atoms with E-state index in [2.05, 4.69) is 71.8 Å². The molecule has 7 aromatic rings. The zero-order chi connectivity index (χ0) is 54.3. The summed E-state index contributed by atoms with van der Waals surface area (Å²) in [6.07, 6.45) is 2.59. The summed E-state index contributed by atoms with van der Waals surface area (Å²) in [4.78, 5) is 30.2. The Morgan fingerprint density at radius 2 is 1.52 bits per heavy atom. The number of rotatable bonds is 6. The first-order valence-electron chi connectivity index (χ1n) is 28.3. The number of methoxy groups -OCH3 is 2. The highest BCUT2D eigenvalue weighted by molar-refractivity contribution is 5.99. The second-order valence-electron chi connectivity index (χ2n) is 23.5. The van der Waals surface area contributed by atoms with Crippen LogP contribution in [0, 0.1) is 35.5 Å². The third kappa shape index (κ3) is 8.56. The van der Waals surface area contributed by atoms with E-state index >= 15 is 4.79 Å². The van der Waals surface area contributed by atoms with Crippen LogP contribution in [0.3, 0.4) is 0 Å². The molecule has 5 aliphatic carbocycles. The predicted molar refractivity (Wildman–Crippen MR) is 302 cm³/mol. The van der Waals surface area contributed by atoms with Gasteiger partial charge in [0.05, 0.1) is 25.7 Å². The maximum absolute atomic E-state index is 16.3. The van der Waals surface area contributed by atoms with Gasteiger partial charge in [-0.1, -0.05) is 85.1 Å². The number of hydrogen-bond donors (Lipinski definition) is 5. The number of phenols is 3. The van der Waals surface area contributed by atoms with Crippen LogP contribution in [0.1, 0.15) is 109 Å². The van der Waals surface area contributed by atoms with Crippen LogP contribution in [-0.4, -0.2) is 71.4 Å². The standard InChI is InChI=1S/C68H67NO10/c1-38(70)78-62-32-50(79-66(75)67-20-9-12-39(36-67)10-6-7-21-69-37-40-11-8-15-43(22-40)52-30-49(71)24-44-17-18-47(67)29-51(44)52)31-55-53-34-64(77-3)60(73)27-45(53)25-56-59(72)35-57-54-33-61(74)63(76-2)28-46(54)26-58(62)68(57,65(55)56)48-19-16-41-13-4-5-14-42(41)23-48/h4-5,8,11,13-19,22-24,27-30,33-34,39,50,55-59,62,65,69,71-74H,7,9,12,20-21,25-26,31-32,35-37H2,1-3H3/t39-,50+,55-,56-,57+,58-,59+,62-,65+,67+,68-/m1/s1. The highest BCUT2D eigenvalue weighted by Gasteiger charge is 2.67. The van der Waals surface area contributed by atoms with Gasteiger partial charge in [-0.25, -0.2) is 0 Å². The minimum atomic E-state index is -1.12. The summed E-state index contributed by atoms with van der Waals surface area (Å²) in [5.41, 5.74) is 6.58. The van der Waals surface area contributed by atoms with Gasteiger partial charge < -0.3 is 44.7 Å². The molecule has 11 heteroatoms. The highest BCUT2D eigenvalue weighted by atomic mass is 16.6. The average Bonchev–Trinajstić information content (AvgIpc) is 3.56. The quantitative estimate of drug-likeness (QED) is 0.0795. The molecule has 0 unspecified atom stereocenters. The number of esters is 2. The summed E-state index contributed by atoms with van der Waals surface area (Å²) in [5.74, 6) is 5.15. The van der Waals surface area contributed by atoms with Gasteiger partial charge in [0, 0.05) is 50.1 Å². The van der Waals surface area contributed by atoms with Gasteiger partial charge in [-0.05, 0) is 189 Å². The molecule has 79 heavy (non-hydrogen) atoms. The molecule has 0 amide bonds. The summed E-state index contributed by atoms with van der Waals surface area (Å²) >= 11 is 0. The van der Waals surface area contributed by atoms with Crippen molar-refractivity contribution >= 4 is 33.5 Å². The Morgan fingerprint density at radius 3 is 2.35 bits per heavy atom. The summed E-state index contributed by atoms with van der Waals surface area (Å²) in [5, 5.41) is 54.6. The molecule has 1 aliphatic heterocycles. The fraction of sp³-hybridized carbons (Fsp3) is 0.382. The highest BCUT2D eigenvalue weighted by Crippen LogP contribution is 2.70. The summed E-state index contributed by atoms with van der Waals surface area (Å²) in [6, 6.07) is 40.5. The molecule has 7 aromatic carbocycles. The minimum absolute atomic E-state index is 0.0103. The van der Waals surface area contributed by atoms with Crippen LogP contribution in [0.5, 0.6) is 28.7 Å². The van der Waals surface area contributed by atoms with Gasteiger partial charge >= 0.3 is 11.9 Å². The lowest BCUT2D eigenvalue weighted by Crippen LogP contribution is -2.65. The van der Waals surface area contributed by atoms with Crippen LogP contribution < -0.4 is 14.8 Å². The normalized spacial score (nSPS) is 28.6. The molecule has 3 saturated carbocycles. The number of hydrogen-bond acceptors (Lipinski definition) is 11. The lowest BCUT2D eigenvalue weighted by Gasteiger charge is -2.66. The van der Waals surface area contributed by atoms with Gasteiger partial charge in [-0.15, -0.1) is 5.92 Å². The molecule has 5 N–H and O–H groups in total. The fourth-order valence-electron chi connectivity index (χ4n) is 16.3. The molecule has 3 fully saturated rings. The number of aromatic hydroxyl groups is 3. The number of ether oxygens (including phenoxy) is 4. The Balaban J connectivity index is 1.01. The topological polar surface area (TPSA) is 164 Å². The van der Waals surface area contributed by atoms with Crippen molar-refractivity contribution in [2.24, 2.45) is 23.7 Å². The number of phenolic OH excluding ortho intramolecular Hbond substituents is 3. The number of aliphatic hydroxyl groups is 1. The van der Waals surface area contributed by atoms with Gasteiger partial charge in [-0.2, -0.15) is 0 Å². The minimum Gasteiger partial charge on any atom is -0.508 e. The largest absolute Gasteiger partial charge is 0.508 e. The molecule has 404 valence electrons. The first kappa shape index (κ1) is 51.0. The van der Waals surface area contributed by atoms with Crippen molar-refractivity contribution < 1.29 is 49.0 Å². The van der Waals surface area contributed by atoms with Gasteiger partial charge in [0.2, 0.25) is 0 Å². The fourth-order valence-corrected chi connectivity index (χ4v) is 16.3. The number of carbonyl (C=O) groups excluding carboxylic acids is 2. The SMILES string of the molecule is COc1cc2c(cc1O)[C@@H]1C[C@H](O)[C@H]3Cc4cc(O)c(OC)cc4[C@H]4C[C@H](OC(=O)[C@]56CCC[C@@H](C#CCCNCc7cccc(c7)-c7cc(O)cc8ccc5cc78)C6)C[C@@H](OC(C)=O)[C@@H](C2)[C@]1(c1ccc2ccccc2c1)[C@H]34. The van der Waals surface area contributed by atoms with E-state index in [0.29, 0.717) is 69.5 Å². The van der Waals surface area contributed by atoms with Crippen molar-refractivity contribution in [1.82, 2.24) is 5.32 Å². The molecular formula is C68H67NO10. The summed E-state index contributed by atoms with van der Waals surface area (Å²) < 4.78 is 25.7. The molecule has 6 bridgehead atoms. The predicted octanol–water partition coefficient (Wildman–Crippen LogP) is 11.6. The lowest BCUT2D eigenvalue weighted by molar-refractivity contribution is -0.174. The molecule has 13 rings (SSSR count). The zero-order valence-corrected chi connectivity index (χ0v) is 45.0. The van der Waals surface area contributed by atoms with Crippen LogP contribution in [-0.2, 0) is 49.3 Å². The van der Waals surface area contributed by atoms with Crippen LogP contribution in [0.25, 0.3) is 32.7 Å². The first-order valence-corrected chi connectivity index (χ1v) is 28.3. The second-order valence-corrected chi connectivity index (χ2v) is 23.5. The molecule has 0 spiro atoms. The van der Waals surface area contributed by atoms with E-state index in [-0.39, 0.29) is 59.2 Å². The second kappa shape index (κ2) is 20.0. The van der Waals surface area contributed by atoms with Crippen LogP contribution in [0.2, 0.25) is 0 Å². The number of benzene rings is 7. The monoisotopic (exact) mass is 1060 g/mol. The molecule has 6 aliphatic rings.